The van der Waals surface area contributed by atoms with Crippen molar-refractivity contribution in [1.82, 2.24) is 5.32 Å². The molecule has 0 amide bonds. The zero-order chi connectivity index (χ0) is 11.4. The van der Waals surface area contributed by atoms with Crippen molar-refractivity contribution in [2.75, 3.05) is 6.54 Å². The van der Waals surface area contributed by atoms with E-state index in [4.69, 9.17) is 0 Å². The standard InChI is InChI=1S/C13H23NS/c1-6-14-13(9(2)3)11(5)12-8-7-10(4)15-12/h7-9,11,13-14H,6H2,1-5H3. The normalized spacial score (nSPS) is 15.6. The van der Waals surface area contributed by atoms with Crippen LogP contribution in [0.2, 0.25) is 0 Å². The maximum absolute atomic E-state index is 3.60. The minimum Gasteiger partial charge on any atom is -0.313 e. The van der Waals surface area contributed by atoms with Crippen LogP contribution in [0.15, 0.2) is 12.1 Å². The largest absolute Gasteiger partial charge is 0.313 e. The predicted molar refractivity (Wildman–Crippen MR) is 69.8 cm³/mol. The van der Waals surface area contributed by atoms with Gasteiger partial charge in [-0.2, -0.15) is 0 Å². The molecule has 2 unspecified atom stereocenters. The average Bonchev–Trinajstić information content (AvgIpc) is 2.59. The second-order valence-corrected chi connectivity index (χ2v) is 5.88. The van der Waals surface area contributed by atoms with Crippen LogP contribution in [0.3, 0.4) is 0 Å². The third-order valence-electron chi connectivity index (χ3n) is 2.91. The van der Waals surface area contributed by atoms with Gasteiger partial charge in [-0.3, -0.25) is 0 Å². The summed E-state index contributed by atoms with van der Waals surface area (Å²) in [7, 11) is 0. The minimum atomic E-state index is 0.591. The van der Waals surface area contributed by atoms with Crippen molar-refractivity contribution >= 4 is 11.3 Å². The van der Waals surface area contributed by atoms with Crippen molar-refractivity contribution < 1.29 is 0 Å². The predicted octanol–water partition coefficient (Wildman–Crippen LogP) is 3.79. The van der Waals surface area contributed by atoms with E-state index in [1.807, 2.05) is 11.3 Å². The average molecular weight is 225 g/mol. The van der Waals surface area contributed by atoms with Crippen molar-refractivity contribution in [2.45, 2.75) is 46.6 Å². The fourth-order valence-electron chi connectivity index (χ4n) is 2.10. The Labute approximate surface area is 97.9 Å². The molecule has 1 N–H and O–H groups in total. The zero-order valence-electron chi connectivity index (χ0n) is 10.5. The van der Waals surface area contributed by atoms with Gasteiger partial charge in [-0.1, -0.05) is 27.7 Å². The Bertz CT molecular complexity index is 290. The third kappa shape index (κ3) is 3.32. The molecule has 2 atom stereocenters. The van der Waals surface area contributed by atoms with Gasteiger partial charge >= 0.3 is 0 Å². The first-order valence-electron chi connectivity index (χ1n) is 5.86. The van der Waals surface area contributed by atoms with Crippen LogP contribution in [0.1, 0.15) is 43.4 Å². The summed E-state index contributed by atoms with van der Waals surface area (Å²) in [5.74, 6) is 1.30. The lowest BCUT2D eigenvalue weighted by atomic mass is 9.90. The molecule has 1 heterocycles. The second-order valence-electron chi connectivity index (χ2n) is 4.56. The Morgan fingerprint density at radius 2 is 1.93 bits per heavy atom. The summed E-state index contributed by atoms with van der Waals surface area (Å²) < 4.78 is 0. The summed E-state index contributed by atoms with van der Waals surface area (Å²) in [4.78, 5) is 2.92. The van der Waals surface area contributed by atoms with Crippen molar-refractivity contribution in [3.8, 4) is 0 Å². The molecule has 0 spiro atoms. The minimum absolute atomic E-state index is 0.591. The quantitative estimate of drug-likeness (QED) is 0.804. The van der Waals surface area contributed by atoms with Crippen LogP contribution in [0.5, 0.6) is 0 Å². The fourth-order valence-corrected chi connectivity index (χ4v) is 3.08. The molecule has 0 saturated carbocycles. The van der Waals surface area contributed by atoms with Gasteiger partial charge < -0.3 is 5.32 Å². The van der Waals surface area contributed by atoms with E-state index in [2.05, 4.69) is 52.1 Å². The molecule has 15 heavy (non-hydrogen) atoms. The molecule has 2 heteroatoms. The monoisotopic (exact) mass is 225 g/mol. The molecule has 0 fully saturated rings. The van der Waals surface area contributed by atoms with E-state index >= 15 is 0 Å². The van der Waals surface area contributed by atoms with Crippen molar-refractivity contribution in [1.29, 1.82) is 0 Å². The summed E-state index contributed by atoms with van der Waals surface area (Å²) in [6, 6.07) is 5.09. The van der Waals surface area contributed by atoms with E-state index in [1.54, 1.807) is 0 Å². The van der Waals surface area contributed by atoms with Crippen LogP contribution >= 0.6 is 11.3 Å². The van der Waals surface area contributed by atoms with Crippen LogP contribution in [0.4, 0.5) is 0 Å². The molecule has 1 aromatic rings. The molecule has 1 aromatic heterocycles. The number of hydrogen-bond acceptors (Lipinski definition) is 2. The van der Waals surface area contributed by atoms with Crippen molar-refractivity contribution in [2.24, 2.45) is 5.92 Å². The number of aryl methyl sites for hydroxylation is 1. The molecule has 86 valence electrons. The van der Waals surface area contributed by atoms with E-state index in [0.717, 1.165) is 6.54 Å². The highest BCUT2D eigenvalue weighted by molar-refractivity contribution is 7.12. The van der Waals surface area contributed by atoms with Gasteiger partial charge in [-0.05, 0) is 31.5 Å². The number of likely N-dealkylation sites (N-methyl/N-ethyl adjacent to an activating group) is 1. The van der Waals surface area contributed by atoms with Crippen LogP contribution < -0.4 is 5.32 Å². The molecule has 0 aliphatic rings. The molecule has 0 aliphatic heterocycles. The third-order valence-corrected chi connectivity index (χ3v) is 4.11. The molecule has 0 radical (unpaired) electrons. The Morgan fingerprint density at radius 1 is 1.27 bits per heavy atom. The first-order chi connectivity index (χ1) is 7.06. The second kappa shape index (κ2) is 5.66. The molecule has 1 nitrogen and oxygen atoms in total. The van der Waals surface area contributed by atoms with Gasteiger partial charge in [-0.15, -0.1) is 11.3 Å². The number of hydrogen-bond donors (Lipinski definition) is 1. The van der Waals surface area contributed by atoms with Gasteiger partial charge in [0, 0.05) is 21.7 Å². The summed E-state index contributed by atoms with van der Waals surface area (Å²) in [5.41, 5.74) is 0. The van der Waals surface area contributed by atoms with E-state index in [-0.39, 0.29) is 0 Å². The van der Waals surface area contributed by atoms with Gasteiger partial charge in [0.25, 0.3) is 0 Å². The highest BCUT2D eigenvalue weighted by Crippen LogP contribution is 2.29. The SMILES string of the molecule is CCNC(C(C)C)C(C)c1ccc(C)s1. The van der Waals surface area contributed by atoms with E-state index in [1.165, 1.54) is 9.75 Å². The Hall–Kier alpha value is -0.340. The first kappa shape index (κ1) is 12.7. The van der Waals surface area contributed by atoms with E-state index in [9.17, 15) is 0 Å². The van der Waals surface area contributed by atoms with Crippen LogP contribution in [0.25, 0.3) is 0 Å². The van der Waals surface area contributed by atoms with Gasteiger partial charge in [0.15, 0.2) is 0 Å². The number of nitrogens with one attached hydrogen (secondary N) is 1. The topological polar surface area (TPSA) is 12.0 Å². The summed E-state index contributed by atoms with van der Waals surface area (Å²) >= 11 is 1.93. The zero-order valence-corrected chi connectivity index (χ0v) is 11.3. The maximum Gasteiger partial charge on any atom is 0.0164 e. The van der Waals surface area contributed by atoms with E-state index in [0.29, 0.717) is 17.9 Å². The smallest absolute Gasteiger partial charge is 0.0164 e. The Kier molecular flexibility index (Phi) is 4.81. The van der Waals surface area contributed by atoms with Gasteiger partial charge in [0.1, 0.15) is 0 Å². The molecule has 0 saturated heterocycles. The van der Waals surface area contributed by atoms with E-state index < -0.39 is 0 Å². The summed E-state index contributed by atoms with van der Waals surface area (Å²) in [6.45, 7) is 12.3. The fraction of sp³-hybridized carbons (Fsp3) is 0.692. The van der Waals surface area contributed by atoms with Gasteiger partial charge in [-0.25, -0.2) is 0 Å². The molecule has 0 aromatic carbocycles. The Balaban J connectivity index is 2.75. The lowest BCUT2D eigenvalue weighted by molar-refractivity contribution is 0.363. The van der Waals surface area contributed by atoms with Gasteiger partial charge in [0.2, 0.25) is 0 Å². The van der Waals surface area contributed by atoms with Crippen LogP contribution in [-0.4, -0.2) is 12.6 Å². The highest BCUT2D eigenvalue weighted by Gasteiger charge is 2.22. The molecule has 1 rings (SSSR count). The first-order valence-corrected chi connectivity index (χ1v) is 6.67. The molecule has 0 bridgehead atoms. The lowest BCUT2D eigenvalue weighted by Gasteiger charge is -2.27. The molecule has 0 aliphatic carbocycles. The molecular formula is C13H23NS. The lowest BCUT2D eigenvalue weighted by Crippen LogP contribution is -2.37. The highest BCUT2D eigenvalue weighted by atomic mass is 32.1. The summed E-state index contributed by atoms with van der Waals surface area (Å²) in [5, 5.41) is 3.60. The van der Waals surface area contributed by atoms with Crippen molar-refractivity contribution in [3.63, 3.8) is 0 Å². The number of thiophene rings is 1. The maximum atomic E-state index is 3.60. The Morgan fingerprint density at radius 3 is 2.33 bits per heavy atom. The number of rotatable bonds is 5. The molecular weight excluding hydrogens is 202 g/mol. The van der Waals surface area contributed by atoms with Crippen LogP contribution in [-0.2, 0) is 0 Å². The van der Waals surface area contributed by atoms with Gasteiger partial charge in [0.05, 0.1) is 0 Å². The summed E-state index contributed by atoms with van der Waals surface area (Å²) in [6.07, 6.45) is 0. The van der Waals surface area contributed by atoms with Crippen LogP contribution in [0, 0.1) is 12.8 Å². The van der Waals surface area contributed by atoms with Crippen molar-refractivity contribution in [3.05, 3.63) is 21.9 Å².